The summed E-state index contributed by atoms with van der Waals surface area (Å²) in [6, 6.07) is 14.9. The number of thiazole rings is 1. The highest BCUT2D eigenvalue weighted by Crippen LogP contribution is 2.42. The molecule has 0 saturated carbocycles. The van der Waals surface area contributed by atoms with Crippen LogP contribution < -0.4 is 10.6 Å². The molecule has 6 nitrogen and oxygen atoms in total. The minimum Gasteiger partial charge on any atom is -0.322 e. The van der Waals surface area contributed by atoms with Crippen LogP contribution in [0, 0.1) is 17.3 Å². The Balaban J connectivity index is 1.53. The molecular formula is C32H33N3O3S2. The predicted octanol–water partition coefficient (Wildman–Crippen LogP) is 7.64. The van der Waals surface area contributed by atoms with Gasteiger partial charge >= 0.3 is 0 Å². The van der Waals surface area contributed by atoms with Gasteiger partial charge in [0.1, 0.15) is 6.29 Å². The summed E-state index contributed by atoms with van der Waals surface area (Å²) in [6.45, 7) is 8.14. The largest absolute Gasteiger partial charge is 0.322 e. The van der Waals surface area contributed by atoms with Crippen molar-refractivity contribution in [3.63, 3.8) is 0 Å². The van der Waals surface area contributed by atoms with Gasteiger partial charge in [-0.3, -0.25) is 9.59 Å². The smallest absolute Gasteiger partial charge is 0.255 e. The van der Waals surface area contributed by atoms with Crippen LogP contribution in [0.4, 0.5) is 10.8 Å². The second-order valence-electron chi connectivity index (χ2n) is 9.96. The van der Waals surface area contributed by atoms with Crippen LogP contribution in [0.3, 0.4) is 0 Å². The van der Waals surface area contributed by atoms with E-state index in [2.05, 4.69) is 22.2 Å². The third-order valence-electron chi connectivity index (χ3n) is 7.23. The number of amides is 2. The molecule has 0 aliphatic heterocycles. The molecular weight excluding hydrogens is 539 g/mol. The monoisotopic (exact) mass is 571 g/mol. The van der Waals surface area contributed by atoms with E-state index in [1.807, 2.05) is 86.2 Å². The van der Waals surface area contributed by atoms with E-state index in [9.17, 15) is 14.4 Å². The molecule has 8 heteroatoms. The Hall–Kier alpha value is -3.75. The predicted molar refractivity (Wildman–Crippen MR) is 166 cm³/mol. The van der Waals surface area contributed by atoms with Crippen molar-refractivity contribution in [1.29, 1.82) is 0 Å². The molecule has 0 radical (unpaired) electrons. The number of hydrogen-bond donors (Lipinski definition) is 2. The van der Waals surface area contributed by atoms with Gasteiger partial charge < -0.3 is 15.4 Å². The molecule has 0 bridgehead atoms. The first-order valence-electron chi connectivity index (χ1n) is 13.1. The topological polar surface area (TPSA) is 88.2 Å². The van der Waals surface area contributed by atoms with Gasteiger partial charge in [0.05, 0.1) is 11.1 Å². The standard InChI is InChI=1S/C32H33N3O3S2/c1-5-27-21(2)10-6-7-11-22(19-36)18-32(27,3)30(38)35-31-34-28(20-40-31)23-12-8-13-24(16-23)29(37)33-25-14-9-15-26(17-25)39-4/h6-17,19-20,22,27H,2,5,18H2,1,3-4H3,(H,33,37)(H,34,35,38)/b10-6-,11-7-. The van der Waals surface area contributed by atoms with Gasteiger partial charge in [-0.2, -0.15) is 0 Å². The van der Waals surface area contributed by atoms with Crippen molar-refractivity contribution in [3.8, 4) is 11.3 Å². The normalized spacial score (nSPS) is 22.3. The maximum atomic E-state index is 13.7. The second-order valence-corrected chi connectivity index (χ2v) is 11.7. The first-order valence-corrected chi connectivity index (χ1v) is 15.2. The van der Waals surface area contributed by atoms with Crippen LogP contribution in [0.1, 0.15) is 37.0 Å². The van der Waals surface area contributed by atoms with Gasteiger partial charge in [0.2, 0.25) is 5.91 Å². The molecule has 2 N–H and O–H groups in total. The van der Waals surface area contributed by atoms with E-state index in [0.29, 0.717) is 29.2 Å². The van der Waals surface area contributed by atoms with E-state index >= 15 is 0 Å². The van der Waals surface area contributed by atoms with Crippen molar-refractivity contribution in [2.45, 2.75) is 31.6 Å². The quantitative estimate of drug-likeness (QED) is 0.214. The zero-order valence-electron chi connectivity index (χ0n) is 22.8. The van der Waals surface area contributed by atoms with Gasteiger partial charge in [0, 0.05) is 33.0 Å². The molecule has 4 rings (SSSR count). The Morgan fingerprint density at radius 3 is 2.73 bits per heavy atom. The molecule has 2 amide bonds. The first kappa shape index (κ1) is 29.2. The summed E-state index contributed by atoms with van der Waals surface area (Å²) in [5, 5.41) is 8.27. The number of carbonyl (C=O) groups is 3. The van der Waals surface area contributed by atoms with Gasteiger partial charge in [-0.1, -0.05) is 68.5 Å². The Morgan fingerprint density at radius 1 is 1.18 bits per heavy atom. The molecule has 0 saturated heterocycles. The van der Waals surface area contributed by atoms with Crippen LogP contribution in [0.5, 0.6) is 0 Å². The third-order valence-corrected chi connectivity index (χ3v) is 8.71. The van der Waals surface area contributed by atoms with Crippen LogP contribution in [0.15, 0.2) is 95.3 Å². The number of aromatic nitrogens is 1. The highest BCUT2D eigenvalue weighted by Gasteiger charge is 2.43. The number of allylic oxidation sites excluding steroid dienone is 5. The first-order chi connectivity index (χ1) is 19.3. The summed E-state index contributed by atoms with van der Waals surface area (Å²) in [6.07, 6.45) is 11.4. The summed E-state index contributed by atoms with van der Waals surface area (Å²) in [7, 11) is 0. The molecule has 206 valence electrons. The van der Waals surface area contributed by atoms with Crippen molar-refractivity contribution in [2.24, 2.45) is 17.3 Å². The van der Waals surface area contributed by atoms with Crippen LogP contribution in [-0.2, 0) is 9.59 Å². The molecule has 1 aromatic heterocycles. The van der Waals surface area contributed by atoms with Gasteiger partial charge in [0.15, 0.2) is 5.13 Å². The van der Waals surface area contributed by atoms with E-state index in [1.165, 1.54) is 11.3 Å². The lowest BCUT2D eigenvalue weighted by atomic mass is 9.67. The Labute approximate surface area is 243 Å². The Kier molecular flexibility index (Phi) is 9.55. The van der Waals surface area contributed by atoms with Crippen molar-refractivity contribution >= 4 is 52.0 Å². The maximum absolute atomic E-state index is 13.7. The third kappa shape index (κ3) is 6.69. The SMILES string of the molecule is C=C1/C=C\C=C/C(C=O)CC(C)(C(=O)Nc2nc(-c3cccc(C(=O)Nc4cccc(SC)c4)c3)cs2)C1CC. The number of anilines is 2. The summed E-state index contributed by atoms with van der Waals surface area (Å²) >= 11 is 2.93. The fourth-order valence-electron chi connectivity index (χ4n) is 5.10. The summed E-state index contributed by atoms with van der Waals surface area (Å²) in [4.78, 5) is 44.2. The zero-order chi connectivity index (χ0) is 28.7. The lowest BCUT2D eigenvalue weighted by Gasteiger charge is -2.37. The van der Waals surface area contributed by atoms with Crippen LogP contribution in [-0.4, -0.2) is 29.3 Å². The van der Waals surface area contributed by atoms with Gasteiger partial charge in [0.25, 0.3) is 5.91 Å². The number of nitrogens with one attached hydrogen (secondary N) is 2. The van der Waals surface area contributed by atoms with E-state index in [1.54, 1.807) is 23.9 Å². The summed E-state index contributed by atoms with van der Waals surface area (Å²) in [5.41, 5.74) is 2.66. The fourth-order valence-corrected chi connectivity index (χ4v) is 6.27. The number of benzene rings is 2. The highest BCUT2D eigenvalue weighted by atomic mass is 32.2. The van der Waals surface area contributed by atoms with Crippen molar-refractivity contribution in [1.82, 2.24) is 4.98 Å². The average Bonchev–Trinajstić information content (AvgIpc) is 3.44. The van der Waals surface area contributed by atoms with E-state index in [-0.39, 0.29) is 23.7 Å². The molecule has 3 aromatic rings. The van der Waals surface area contributed by atoms with Crippen molar-refractivity contribution < 1.29 is 14.4 Å². The van der Waals surface area contributed by atoms with Crippen LogP contribution in [0.2, 0.25) is 0 Å². The lowest BCUT2D eigenvalue weighted by molar-refractivity contribution is -0.128. The summed E-state index contributed by atoms with van der Waals surface area (Å²) in [5.74, 6) is -0.935. The number of rotatable bonds is 8. The Morgan fingerprint density at radius 2 is 1.98 bits per heavy atom. The highest BCUT2D eigenvalue weighted by molar-refractivity contribution is 7.98. The maximum Gasteiger partial charge on any atom is 0.255 e. The molecule has 40 heavy (non-hydrogen) atoms. The molecule has 2 aromatic carbocycles. The molecule has 1 aliphatic carbocycles. The van der Waals surface area contributed by atoms with Crippen LogP contribution >= 0.6 is 23.1 Å². The average molecular weight is 572 g/mol. The minimum atomic E-state index is -0.867. The molecule has 0 fully saturated rings. The molecule has 3 atom stereocenters. The number of nitrogens with zero attached hydrogens (tertiary/aromatic N) is 1. The van der Waals surface area contributed by atoms with Gasteiger partial charge in [-0.15, -0.1) is 23.1 Å². The molecule has 0 spiro atoms. The van der Waals surface area contributed by atoms with E-state index in [0.717, 1.165) is 28.0 Å². The molecule has 1 aliphatic rings. The number of thioether (sulfide) groups is 1. The second kappa shape index (κ2) is 13.1. The van der Waals surface area contributed by atoms with Crippen LogP contribution in [0.25, 0.3) is 11.3 Å². The van der Waals surface area contributed by atoms with Gasteiger partial charge in [-0.05, 0) is 55.3 Å². The van der Waals surface area contributed by atoms with Gasteiger partial charge in [-0.25, -0.2) is 4.98 Å². The number of carbonyl (C=O) groups excluding carboxylic acids is 3. The molecule has 3 unspecified atom stereocenters. The molecule has 1 heterocycles. The number of aldehydes is 1. The lowest BCUT2D eigenvalue weighted by Crippen LogP contribution is -2.42. The fraction of sp³-hybridized carbons (Fsp3) is 0.250. The van der Waals surface area contributed by atoms with Crippen molar-refractivity contribution in [2.75, 3.05) is 16.9 Å². The van der Waals surface area contributed by atoms with Crippen molar-refractivity contribution in [3.05, 3.63) is 95.9 Å². The zero-order valence-corrected chi connectivity index (χ0v) is 24.5. The minimum absolute atomic E-state index is 0.141. The number of hydrogen-bond acceptors (Lipinski definition) is 6. The van der Waals surface area contributed by atoms with E-state index < -0.39 is 5.41 Å². The summed E-state index contributed by atoms with van der Waals surface area (Å²) < 4.78 is 0. The Bertz CT molecular complexity index is 1480. The van der Waals surface area contributed by atoms with E-state index in [4.69, 9.17) is 0 Å².